The number of nitrogens with zero attached hydrogens (tertiary/aromatic N) is 1. The quantitative estimate of drug-likeness (QED) is 0.762. The third-order valence-corrected chi connectivity index (χ3v) is 4.11. The molecule has 1 aromatic rings. The van der Waals surface area contributed by atoms with Gasteiger partial charge in [0.25, 0.3) is 0 Å². The maximum atomic E-state index is 12.3. The van der Waals surface area contributed by atoms with Gasteiger partial charge in [-0.1, -0.05) is 0 Å². The largest absolute Gasteiger partial charge is 0.490 e. The van der Waals surface area contributed by atoms with Crippen LogP contribution in [0.5, 0.6) is 11.5 Å². The van der Waals surface area contributed by atoms with Crippen molar-refractivity contribution in [2.75, 3.05) is 45.2 Å². The number of likely N-dealkylation sites (tertiary alicyclic amines) is 1. The average Bonchev–Trinajstić information content (AvgIpc) is 2.57. The van der Waals surface area contributed by atoms with Crippen LogP contribution in [0.2, 0.25) is 0 Å². The van der Waals surface area contributed by atoms with E-state index < -0.39 is 0 Å². The molecule has 1 amide bonds. The third kappa shape index (κ3) is 5.39. The lowest BCUT2D eigenvalue weighted by Gasteiger charge is -2.31. The Kier molecular flexibility index (Phi) is 7.34. The minimum absolute atomic E-state index is 0.00152. The van der Waals surface area contributed by atoms with Crippen LogP contribution in [0, 0.1) is 0 Å². The third-order valence-electron chi connectivity index (χ3n) is 4.11. The van der Waals surface area contributed by atoms with Crippen molar-refractivity contribution < 1.29 is 14.3 Å². The van der Waals surface area contributed by atoms with E-state index in [1.54, 1.807) is 0 Å². The fourth-order valence-electron chi connectivity index (χ4n) is 2.97. The minimum Gasteiger partial charge on any atom is -0.490 e. The van der Waals surface area contributed by atoms with E-state index in [1.807, 2.05) is 39.1 Å². The second-order valence-electron chi connectivity index (χ2n) is 5.94. The summed E-state index contributed by atoms with van der Waals surface area (Å²) in [5.41, 5.74) is 0.731. The summed E-state index contributed by atoms with van der Waals surface area (Å²) < 4.78 is 11.1. The molecular formula is C18H29N3O3. The Morgan fingerprint density at radius 1 is 1.25 bits per heavy atom. The normalized spacial score (nSPS) is 18.2. The van der Waals surface area contributed by atoms with E-state index in [0.29, 0.717) is 37.3 Å². The smallest absolute Gasteiger partial charge is 0.238 e. The van der Waals surface area contributed by atoms with Crippen molar-refractivity contribution in [2.45, 2.75) is 32.7 Å². The van der Waals surface area contributed by atoms with E-state index >= 15 is 0 Å². The van der Waals surface area contributed by atoms with Gasteiger partial charge in [-0.05, 0) is 52.4 Å². The Morgan fingerprint density at radius 3 is 2.71 bits per heavy atom. The molecule has 2 N–H and O–H groups in total. The number of rotatable bonds is 8. The van der Waals surface area contributed by atoms with Gasteiger partial charge in [-0.3, -0.25) is 9.69 Å². The molecule has 6 nitrogen and oxygen atoms in total. The van der Waals surface area contributed by atoms with Crippen molar-refractivity contribution in [1.82, 2.24) is 10.2 Å². The average molecular weight is 335 g/mol. The van der Waals surface area contributed by atoms with E-state index in [2.05, 4.69) is 15.5 Å². The molecule has 1 aliphatic rings. The van der Waals surface area contributed by atoms with Gasteiger partial charge in [0.1, 0.15) is 0 Å². The summed E-state index contributed by atoms with van der Waals surface area (Å²) in [6, 6.07) is 5.97. The molecule has 0 saturated carbocycles. The summed E-state index contributed by atoms with van der Waals surface area (Å²) in [7, 11) is 1.98. The van der Waals surface area contributed by atoms with Gasteiger partial charge < -0.3 is 20.1 Å². The van der Waals surface area contributed by atoms with Crippen molar-refractivity contribution >= 4 is 11.6 Å². The minimum atomic E-state index is -0.00152. The second kappa shape index (κ2) is 9.49. The standard InChI is InChI=1S/C18H29N3O3/c1-4-23-16-9-8-14(11-17(16)24-5-2)20-18(22)13-21-10-6-7-15(12-21)19-3/h8-9,11,15,19H,4-7,10,12-13H2,1-3H3,(H,20,22). The molecule has 2 rings (SSSR count). The van der Waals surface area contributed by atoms with Gasteiger partial charge in [0.2, 0.25) is 5.91 Å². The highest BCUT2D eigenvalue weighted by Crippen LogP contribution is 2.30. The lowest BCUT2D eigenvalue weighted by Crippen LogP contribution is -2.46. The highest BCUT2D eigenvalue weighted by atomic mass is 16.5. The Labute approximate surface area is 144 Å². The van der Waals surface area contributed by atoms with Crippen molar-refractivity contribution in [3.05, 3.63) is 18.2 Å². The number of carbonyl (C=O) groups excluding carboxylic acids is 1. The summed E-state index contributed by atoms with van der Waals surface area (Å²) in [5, 5.41) is 6.25. The number of hydrogen-bond donors (Lipinski definition) is 2. The van der Waals surface area contributed by atoms with Crippen LogP contribution in [-0.2, 0) is 4.79 Å². The first-order valence-corrected chi connectivity index (χ1v) is 8.75. The second-order valence-corrected chi connectivity index (χ2v) is 5.94. The van der Waals surface area contributed by atoms with Gasteiger partial charge in [0, 0.05) is 24.3 Å². The lowest BCUT2D eigenvalue weighted by atomic mass is 10.1. The maximum absolute atomic E-state index is 12.3. The lowest BCUT2D eigenvalue weighted by molar-refractivity contribution is -0.117. The molecule has 1 fully saturated rings. The van der Waals surface area contributed by atoms with E-state index in [4.69, 9.17) is 9.47 Å². The number of benzene rings is 1. The van der Waals surface area contributed by atoms with Gasteiger partial charge >= 0.3 is 0 Å². The molecule has 6 heteroatoms. The predicted octanol–water partition coefficient (Wildman–Crippen LogP) is 2.11. The van der Waals surface area contributed by atoms with Crippen molar-refractivity contribution in [3.63, 3.8) is 0 Å². The maximum Gasteiger partial charge on any atom is 0.238 e. The van der Waals surface area contributed by atoms with E-state index in [1.165, 1.54) is 6.42 Å². The SMILES string of the molecule is CCOc1ccc(NC(=O)CN2CCCC(NC)C2)cc1OCC. The first-order valence-electron chi connectivity index (χ1n) is 8.75. The van der Waals surface area contributed by atoms with Gasteiger partial charge in [0.15, 0.2) is 11.5 Å². The Morgan fingerprint density at radius 2 is 2.00 bits per heavy atom. The highest BCUT2D eigenvalue weighted by molar-refractivity contribution is 5.92. The van der Waals surface area contributed by atoms with E-state index in [0.717, 1.165) is 25.2 Å². The summed E-state index contributed by atoms with van der Waals surface area (Å²) >= 11 is 0. The van der Waals surface area contributed by atoms with Gasteiger partial charge in [-0.25, -0.2) is 0 Å². The first kappa shape index (κ1) is 18.5. The number of hydrogen-bond acceptors (Lipinski definition) is 5. The predicted molar refractivity (Wildman–Crippen MR) is 95.9 cm³/mol. The Balaban J connectivity index is 1.94. The monoisotopic (exact) mass is 335 g/mol. The summed E-state index contributed by atoms with van der Waals surface area (Å²) in [6.07, 6.45) is 2.29. The molecule has 0 radical (unpaired) electrons. The van der Waals surface area contributed by atoms with Crippen molar-refractivity contribution in [1.29, 1.82) is 0 Å². The van der Waals surface area contributed by atoms with Gasteiger partial charge in [0.05, 0.1) is 19.8 Å². The van der Waals surface area contributed by atoms with Crippen LogP contribution in [0.1, 0.15) is 26.7 Å². The van der Waals surface area contributed by atoms with Crippen LogP contribution in [0.15, 0.2) is 18.2 Å². The number of carbonyl (C=O) groups is 1. The molecule has 1 heterocycles. The van der Waals surface area contributed by atoms with Crippen LogP contribution in [-0.4, -0.2) is 56.7 Å². The van der Waals surface area contributed by atoms with Crippen LogP contribution in [0.3, 0.4) is 0 Å². The first-order chi connectivity index (χ1) is 11.7. The topological polar surface area (TPSA) is 62.8 Å². The molecule has 0 bridgehead atoms. The number of ether oxygens (including phenoxy) is 2. The number of nitrogens with one attached hydrogen (secondary N) is 2. The van der Waals surface area contributed by atoms with E-state index in [9.17, 15) is 4.79 Å². The zero-order chi connectivity index (χ0) is 17.4. The number of anilines is 1. The van der Waals surface area contributed by atoms with Crippen molar-refractivity contribution in [3.8, 4) is 11.5 Å². The fraction of sp³-hybridized carbons (Fsp3) is 0.611. The Bertz CT molecular complexity index is 536. The summed E-state index contributed by atoms with van der Waals surface area (Å²) in [6.45, 7) is 7.29. The molecule has 1 atom stereocenters. The Hall–Kier alpha value is -1.79. The summed E-state index contributed by atoms with van der Waals surface area (Å²) in [5.74, 6) is 1.36. The number of amides is 1. The molecule has 0 aliphatic carbocycles. The van der Waals surface area contributed by atoms with Crippen LogP contribution in [0.25, 0.3) is 0 Å². The number of piperidine rings is 1. The van der Waals surface area contributed by atoms with Crippen molar-refractivity contribution in [2.24, 2.45) is 0 Å². The molecule has 1 aromatic carbocycles. The molecular weight excluding hydrogens is 306 g/mol. The van der Waals surface area contributed by atoms with Gasteiger partial charge in [-0.15, -0.1) is 0 Å². The zero-order valence-corrected chi connectivity index (χ0v) is 14.9. The molecule has 0 aromatic heterocycles. The molecule has 24 heavy (non-hydrogen) atoms. The summed E-state index contributed by atoms with van der Waals surface area (Å²) in [4.78, 5) is 14.5. The van der Waals surface area contributed by atoms with Gasteiger partial charge in [-0.2, -0.15) is 0 Å². The molecule has 1 unspecified atom stereocenters. The van der Waals surface area contributed by atoms with E-state index in [-0.39, 0.29) is 5.91 Å². The molecule has 0 spiro atoms. The van der Waals surface area contributed by atoms with Crippen LogP contribution >= 0.6 is 0 Å². The molecule has 1 saturated heterocycles. The number of likely N-dealkylation sites (N-methyl/N-ethyl adjacent to an activating group) is 1. The molecule has 1 aliphatic heterocycles. The molecule has 134 valence electrons. The fourth-order valence-corrected chi connectivity index (χ4v) is 2.97. The van der Waals surface area contributed by atoms with Crippen LogP contribution < -0.4 is 20.1 Å². The zero-order valence-electron chi connectivity index (χ0n) is 14.9. The van der Waals surface area contributed by atoms with Crippen LogP contribution in [0.4, 0.5) is 5.69 Å². The highest BCUT2D eigenvalue weighted by Gasteiger charge is 2.20.